The molecule has 2 amide bonds. The number of nitrogens with zero attached hydrogens (tertiary/aromatic N) is 1. The average Bonchev–Trinajstić information content (AvgIpc) is 2.83. The summed E-state index contributed by atoms with van der Waals surface area (Å²) in [6.07, 6.45) is 2.69. The number of benzene rings is 1. The van der Waals surface area contributed by atoms with Crippen LogP contribution in [0.15, 0.2) is 30.3 Å². The van der Waals surface area contributed by atoms with Crippen molar-refractivity contribution in [2.45, 2.75) is 38.5 Å². The minimum atomic E-state index is -0.0202. The number of carbonyl (C=O) groups is 2. The monoisotopic (exact) mass is 245 g/mol. The van der Waals surface area contributed by atoms with E-state index in [2.05, 4.69) is 6.92 Å². The Labute approximate surface area is 108 Å². The molecule has 0 bridgehead atoms. The van der Waals surface area contributed by atoms with Crippen LogP contribution in [0.2, 0.25) is 0 Å². The maximum absolute atomic E-state index is 12.1. The van der Waals surface area contributed by atoms with Crippen molar-refractivity contribution in [1.29, 1.82) is 0 Å². The summed E-state index contributed by atoms with van der Waals surface area (Å²) in [6.45, 7) is 2.68. The van der Waals surface area contributed by atoms with Crippen molar-refractivity contribution >= 4 is 11.8 Å². The molecular formula is C15H19NO2. The highest BCUT2D eigenvalue weighted by molar-refractivity contribution is 5.96. The molecule has 1 fully saturated rings. The lowest BCUT2D eigenvalue weighted by Crippen LogP contribution is -2.32. The van der Waals surface area contributed by atoms with Crippen molar-refractivity contribution in [2.24, 2.45) is 0 Å². The molecule has 1 heterocycles. The van der Waals surface area contributed by atoms with Crippen LogP contribution in [0.3, 0.4) is 0 Å². The molecule has 1 saturated heterocycles. The number of likely N-dealkylation sites (tertiary alicyclic amines) is 1. The lowest BCUT2D eigenvalue weighted by molar-refractivity contribution is -0.142. The van der Waals surface area contributed by atoms with Gasteiger partial charge in [0.1, 0.15) is 0 Å². The van der Waals surface area contributed by atoms with E-state index in [0.717, 1.165) is 12.8 Å². The molecule has 0 aliphatic carbocycles. The number of imide groups is 1. The molecule has 0 N–H and O–H groups in total. The Bertz CT molecular complexity index is 427. The molecular weight excluding hydrogens is 226 g/mol. The normalized spacial score (nSPS) is 16.9. The Morgan fingerprint density at radius 1 is 1.33 bits per heavy atom. The van der Waals surface area contributed by atoms with Gasteiger partial charge >= 0.3 is 0 Å². The quantitative estimate of drug-likeness (QED) is 0.818. The third kappa shape index (κ3) is 2.78. The Morgan fingerprint density at radius 3 is 2.61 bits per heavy atom. The summed E-state index contributed by atoms with van der Waals surface area (Å²) in [4.78, 5) is 25.1. The summed E-state index contributed by atoms with van der Waals surface area (Å²) >= 11 is 0. The van der Waals surface area contributed by atoms with Crippen LogP contribution in [-0.2, 0) is 9.59 Å². The zero-order valence-corrected chi connectivity index (χ0v) is 10.8. The standard InChI is InChI=1S/C15H19NO2/c1-2-12(13-7-4-3-5-8-13)11-15(18)16-10-6-9-14(16)17/h3-5,7-8,12H,2,6,9-11H2,1H3/t12-/m0/s1. The van der Waals surface area contributed by atoms with E-state index in [-0.39, 0.29) is 17.7 Å². The molecule has 96 valence electrons. The van der Waals surface area contributed by atoms with E-state index in [1.165, 1.54) is 10.5 Å². The third-order valence-electron chi connectivity index (χ3n) is 3.56. The van der Waals surface area contributed by atoms with Crippen LogP contribution < -0.4 is 0 Å². The fourth-order valence-corrected chi connectivity index (χ4v) is 2.46. The molecule has 0 radical (unpaired) electrons. The first-order valence-electron chi connectivity index (χ1n) is 6.60. The topological polar surface area (TPSA) is 37.4 Å². The smallest absolute Gasteiger partial charge is 0.229 e. The minimum absolute atomic E-state index is 0.0112. The van der Waals surface area contributed by atoms with Crippen LogP contribution in [0.1, 0.15) is 44.1 Å². The van der Waals surface area contributed by atoms with Gasteiger partial charge in [0.05, 0.1) is 0 Å². The third-order valence-corrected chi connectivity index (χ3v) is 3.56. The lowest BCUT2D eigenvalue weighted by atomic mass is 9.93. The number of carbonyl (C=O) groups excluding carboxylic acids is 2. The van der Waals surface area contributed by atoms with Crippen LogP contribution in [0.4, 0.5) is 0 Å². The van der Waals surface area contributed by atoms with E-state index in [4.69, 9.17) is 0 Å². The Hall–Kier alpha value is -1.64. The van der Waals surface area contributed by atoms with Gasteiger partial charge in [-0.25, -0.2) is 0 Å². The fraction of sp³-hybridized carbons (Fsp3) is 0.467. The first-order chi connectivity index (χ1) is 8.72. The minimum Gasteiger partial charge on any atom is -0.283 e. The molecule has 18 heavy (non-hydrogen) atoms. The van der Waals surface area contributed by atoms with Gasteiger partial charge in [-0.15, -0.1) is 0 Å². The summed E-state index contributed by atoms with van der Waals surface area (Å²) in [7, 11) is 0. The van der Waals surface area contributed by atoms with Crippen LogP contribution in [0.25, 0.3) is 0 Å². The number of amides is 2. The first-order valence-corrected chi connectivity index (χ1v) is 6.60. The second kappa shape index (κ2) is 5.80. The molecule has 1 atom stereocenters. The van der Waals surface area contributed by atoms with E-state index in [1.807, 2.05) is 30.3 Å². The van der Waals surface area contributed by atoms with E-state index in [1.54, 1.807) is 0 Å². The van der Waals surface area contributed by atoms with E-state index in [9.17, 15) is 9.59 Å². The molecule has 0 unspecified atom stereocenters. The predicted molar refractivity (Wildman–Crippen MR) is 70.0 cm³/mol. The van der Waals surface area contributed by atoms with Crippen molar-refractivity contribution in [2.75, 3.05) is 6.54 Å². The Balaban J connectivity index is 2.02. The van der Waals surface area contributed by atoms with Gasteiger partial charge in [0.2, 0.25) is 11.8 Å². The molecule has 1 aliphatic rings. The molecule has 0 saturated carbocycles. The molecule has 1 aromatic rings. The highest BCUT2D eigenvalue weighted by atomic mass is 16.2. The van der Waals surface area contributed by atoms with E-state index in [0.29, 0.717) is 19.4 Å². The van der Waals surface area contributed by atoms with E-state index < -0.39 is 0 Å². The molecule has 0 spiro atoms. The van der Waals surface area contributed by atoms with Crippen LogP contribution in [0, 0.1) is 0 Å². The van der Waals surface area contributed by atoms with Crippen LogP contribution in [-0.4, -0.2) is 23.3 Å². The van der Waals surface area contributed by atoms with Crippen molar-refractivity contribution in [1.82, 2.24) is 4.90 Å². The van der Waals surface area contributed by atoms with Gasteiger partial charge in [-0.1, -0.05) is 37.3 Å². The molecule has 3 nitrogen and oxygen atoms in total. The average molecular weight is 245 g/mol. The van der Waals surface area contributed by atoms with Crippen molar-refractivity contribution in [3.05, 3.63) is 35.9 Å². The van der Waals surface area contributed by atoms with Gasteiger partial charge in [-0.3, -0.25) is 14.5 Å². The lowest BCUT2D eigenvalue weighted by Gasteiger charge is -2.19. The van der Waals surface area contributed by atoms with Crippen molar-refractivity contribution in [3.63, 3.8) is 0 Å². The largest absolute Gasteiger partial charge is 0.283 e. The fourth-order valence-electron chi connectivity index (χ4n) is 2.46. The van der Waals surface area contributed by atoms with Gasteiger partial charge in [0.25, 0.3) is 0 Å². The summed E-state index contributed by atoms with van der Waals surface area (Å²) in [6, 6.07) is 10.1. The number of hydrogen-bond donors (Lipinski definition) is 0. The number of rotatable bonds is 4. The van der Waals surface area contributed by atoms with E-state index >= 15 is 0 Å². The highest BCUT2D eigenvalue weighted by Crippen LogP contribution is 2.25. The van der Waals surface area contributed by atoms with Gasteiger partial charge in [0.15, 0.2) is 0 Å². The van der Waals surface area contributed by atoms with Crippen LogP contribution in [0.5, 0.6) is 0 Å². The zero-order chi connectivity index (χ0) is 13.0. The SMILES string of the molecule is CC[C@@H](CC(=O)N1CCCC1=O)c1ccccc1. The van der Waals surface area contributed by atoms with Crippen molar-refractivity contribution < 1.29 is 9.59 Å². The maximum Gasteiger partial charge on any atom is 0.229 e. The van der Waals surface area contributed by atoms with Crippen molar-refractivity contribution in [3.8, 4) is 0 Å². The molecule has 1 aromatic carbocycles. The summed E-state index contributed by atoms with van der Waals surface area (Å²) in [5.41, 5.74) is 1.18. The zero-order valence-electron chi connectivity index (χ0n) is 10.8. The Morgan fingerprint density at radius 2 is 2.06 bits per heavy atom. The number of hydrogen-bond acceptors (Lipinski definition) is 2. The molecule has 3 heteroatoms. The molecule has 1 aliphatic heterocycles. The second-order valence-corrected chi connectivity index (χ2v) is 4.76. The molecule has 2 rings (SSSR count). The Kier molecular flexibility index (Phi) is 4.13. The first kappa shape index (κ1) is 12.8. The summed E-state index contributed by atoms with van der Waals surface area (Å²) in [5, 5.41) is 0. The highest BCUT2D eigenvalue weighted by Gasteiger charge is 2.27. The summed E-state index contributed by atoms with van der Waals surface area (Å²) < 4.78 is 0. The van der Waals surface area contributed by atoms with Gasteiger partial charge in [0, 0.05) is 19.4 Å². The predicted octanol–water partition coefficient (Wildman–Crippen LogP) is 2.72. The van der Waals surface area contributed by atoms with Gasteiger partial charge < -0.3 is 0 Å². The van der Waals surface area contributed by atoms with Gasteiger partial charge in [-0.2, -0.15) is 0 Å². The van der Waals surface area contributed by atoms with Gasteiger partial charge in [-0.05, 0) is 24.3 Å². The maximum atomic E-state index is 12.1. The summed E-state index contributed by atoms with van der Waals surface area (Å²) in [5.74, 6) is 0.184. The van der Waals surface area contributed by atoms with Crippen LogP contribution >= 0.6 is 0 Å². The molecule has 0 aromatic heterocycles. The second-order valence-electron chi connectivity index (χ2n) is 4.76.